The number of ether oxygens (including phenoxy) is 1. The van der Waals surface area contributed by atoms with Crippen molar-refractivity contribution in [1.29, 1.82) is 0 Å². The Kier molecular flexibility index (Phi) is 6.01. The lowest BCUT2D eigenvalue weighted by molar-refractivity contribution is -0.132. The number of thiophene rings is 1. The number of piperidine rings is 1. The number of hydrogen-bond acceptors (Lipinski definition) is 7. The van der Waals surface area contributed by atoms with Crippen LogP contribution >= 0.6 is 11.3 Å². The molecule has 2 aliphatic carbocycles. The standard InChI is InChI=1S/C25H35N5O2S/c1-28(17-6-7-17)24-23-19-4-2-3-5-20(19)33-25(23)27-21(26-24)16-22(31)30-10-8-18(9-11-30)29-12-14-32-15-13-29/h17-18H,2-16H2,1H3. The van der Waals surface area contributed by atoms with Crippen LogP contribution in [0.25, 0.3) is 10.2 Å². The molecule has 0 N–H and O–H groups in total. The van der Waals surface area contributed by atoms with Gasteiger partial charge in [-0.25, -0.2) is 9.97 Å². The van der Waals surface area contributed by atoms with Gasteiger partial charge in [0, 0.05) is 50.2 Å². The summed E-state index contributed by atoms with van der Waals surface area (Å²) in [6.07, 6.45) is 9.72. The van der Waals surface area contributed by atoms with Crippen LogP contribution in [0.5, 0.6) is 0 Å². The van der Waals surface area contributed by atoms with Crippen molar-refractivity contribution in [2.24, 2.45) is 0 Å². The lowest BCUT2D eigenvalue weighted by atomic mass is 9.97. The summed E-state index contributed by atoms with van der Waals surface area (Å²) in [5.41, 5.74) is 1.48. The first-order valence-corrected chi connectivity index (χ1v) is 13.6. The maximum absolute atomic E-state index is 13.2. The van der Waals surface area contributed by atoms with Crippen LogP contribution in [0.4, 0.5) is 5.82 Å². The first-order valence-electron chi connectivity index (χ1n) is 12.8. The zero-order valence-electron chi connectivity index (χ0n) is 19.7. The molecule has 0 spiro atoms. The number of aromatic nitrogens is 2. The average molecular weight is 470 g/mol. The molecule has 0 atom stereocenters. The summed E-state index contributed by atoms with van der Waals surface area (Å²) < 4.78 is 5.50. The molecule has 2 aromatic heterocycles. The molecular formula is C25H35N5O2S. The van der Waals surface area contributed by atoms with Gasteiger partial charge in [0.1, 0.15) is 16.5 Å². The number of morpholine rings is 1. The molecule has 1 amide bonds. The third-order valence-electron chi connectivity index (χ3n) is 7.96. The minimum atomic E-state index is 0.177. The number of carbonyl (C=O) groups is 1. The van der Waals surface area contributed by atoms with E-state index in [2.05, 4.69) is 16.8 Å². The Labute approximate surface area is 200 Å². The van der Waals surface area contributed by atoms with Crippen molar-refractivity contribution in [1.82, 2.24) is 19.8 Å². The minimum absolute atomic E-state index is 0.177. The summed E-state index contributed by atoms with van der Waals surface area (Å²) in [4.78, 5) is 32.7. The van der Waals surface area contributed by atoms with E-state index in [-0.39, 0.29) is 5.91 Å². The van der Waals surface area contributed by atoms with Crippen LogP contribution < -0.4 is 4.90 Å². The Morgan fingerprint density at radius 1 is 1.06 bits per heavy atom. The van der Waals surface area contributed by atoms with Gasteiger partial charge >= 0.3 is 0 Å². The SMILES string of the molecule is CN(c1nc(CC(=O)N2CCC(N3CCOCC3)CC2)nc2sc3c(c12)CCCC3)C1CC1. The van der Waals surface area contributed by atoms with Crippen LogP contribution in [-0.4, -0.2) is 84.2 Å². The predicted molar refractivity (Wildman–Crippen MR) is 131 cm³/mol. The molecule has 2 aliphatic heterocycles. The summed E-state index contributed by atoms with van der Waals surface area (Å²) in [5.74, 6) is 1.94. The largest absolute Gasteiger partial charge is 0.379 e. The maximum atomic E-state index is 13.2. The van der Waals surface area contributed by atoms with Gasteiger partial charge < -0.3 is 14.5 Å². The van der Waals surface area contributed by atoms with Gasteiger partial charge in [-0.3, -0.25) is 9.69 Å². The van der Waals surface area contributed by atoms with E-state index in [1.54, 1.807) is 0 Å². The monoisotopic (exact) mass is 469 g/mol. The van der Waals surface area contributed by atoms with E-state index in [0.717, 1.165) is 75.7 Å². The van der Waals surface area contributed by atoms with E-state index in [1.807, 2.05) is 16.2 Å². The van der Waals surface area contributed by atoms with Gasteiger partial charge in [0.05, 0.1) is 25.0 Å². The number of anilines is 1. The number of hydrogen-bond donors (Lipinski definition) is 0. The summed E-state index contributed by atoms with van der Waals surface area (Å²) in [6, 6.07) is 1.17. The Balaban J connectivity index is 1.19. The van der Waals surface area contributed by atoms with Crippen molar-refractivity contribution in [2.75, 3.05) is 51.3 Å². The van der Waals surface area contributed by atoms with Gasteiger partial charge in [0.2, 0.25) is 5.91 Å². The van der Waals surface area contributed by atoms with Crippen LogP contribution in [0.3, 0.4) is 0 Å². The van der Waals surface area contributed by atoms with Crippen LogP contribution in [0.2, 0.25) is 0 Å². The number of nitrogens with zero attached hydrogens (tertiary/aromatic N) is 5. The lowest BCUT2D eigenvalue weighted by Gasteiger charge is -2.40. The molecular weight excluding hydrogens is 434 g/mol. The second kappa shape index (κ2) is 9.12. The highest BCUT2D eigenvalue weighted by atomic mass is 32.1. The van der Waals surface area contributed by atoms with Crippen LogP contribution in [-0.2, 0) is 28.8 Å². The van der Waals surface area contributed by atoms with Crippen molar-refractivity contribution >= 4 is 33.3 Å². The summed E-state index contributed by atoms with van der Waals surface area (Å²) in [5, 5.41) is 1.27. The van der Waals surface area contributed by atoms with Crippen molar-refractivity contribution < 1.29 is 9.53 Å². The molecule has 0 aromatic carbocycles. The minimum Gasteiger partial charge on any atom is -0.379 e. The number of likely N-dealkylation sites (tertiary alicyclic amines) is 1. The van der Waals surface area contributed by atoms with E-state index < -0.39 is 0 Å². The zero-order chi connectivity index (χ0) is 22.4. The Morgan fingerprint density at radius 2 is 1.82 bits per heavy atom. The molecule has 2 aromatic rings. The Morgan fingerprint density at radius 3 is 2.58 bits per heavy atom. The molecule has 4 heterocycles. The lowest BCUT2D eigenvalue weighted by Crippen LogP contribution is -2.50. The molecule has 0 radical (unpaired) electrons. The van der Waals surface area contributed by atoms with E-state index in [4.69, 9.17) is 14.7 Å². The summed E-state index contributed by atoms with van der Waals surface area (Å²) >= 11 is 1.84. The summed E-state index contributed by atoms with van der Waals surface area (Å²) in [7, 11) is 2.17. The Bertz CT molecular complexity index is 1020. The third-order valence-corrected chi connectivity index (χ3v) is 9.14. The van der Waals surface area contributed by atoms with Gasteiger partial charge in [0.15, 0.2) is 0 Å². The van der Waals surface area contributed by atoms with E-state index in [9.17, 15) is 4.79 Å². The highest BCUT2D eigenvalue weighted by Crippen LogP contribution is 2.41. The first kappa shape index (κ1) is 21.7. The normalized spacial score (nSPS) is 22.5. The van der Waals surface area contributed by atoms with E-state index in [1.165, 1.54) is 41.5 Å². The first-order chi connectivity index (χ1) is 16.2. The fourth-order valence-electron chi connectivity index (χ4n) is 5.82. The number of carbonyl (C=O) groups excluding carboxylic acids is 1. The number of rotatable bonds is 5. The van der Waals surface area contributed by atoms with Crippen molar-refractivity contribution in [3.8, 4) is 0 Å². The molecule has 33 heavy (non-hydrogen) atoms. The molecule has 8 heteroatoms. The molecule has 1 saturated carbocycles. The summed E-state index contributed by atoms with van der Waals surface area (Å²) in [6.45, 7) is 5.39. The van der Waals surface area contributed by atoms with Crippen LogP contribution in [0.1, 0.15) is 54.8 Å². The second-order valence-electron chi connectivity index (χ2n) is 10.1. The second-order valence-corrected chi connectivity index (χ2v) is 11.2. The average Bonchev–Trinajstić information content (AvgIpc) is 3.64. The number of amides is 1. The topological polar surface area (TPSA) is 61.8 Å². The van der Waals surface area contributed by atoms with Crippen molar-refractivity contribution in [2.45, 2.75) is 69.9 Å². The molecule has 3 fully saturated rings. The molecule has 178 valence electrons. The fourth-order valence-corrected chi connectivity index (χ4v) is 7.10. The van der Waals surface area contributed by atoms with Gasteiger partial charge in [-0.2, -0.15) is 0 Å². The van der Waals surface area contributed by atoms with Crippen LogP contribution in [0, 0.1) is 0 Å². The van der Waals surface area contributed by atoms with Crippen LogP contribution in [0.15, 0.2) is 0 Å². The molecule has 2 saturated heterocycles. The maximum Gasteiger partial charge on any atom is 0.230 e. The van der Waals surface area contributed by atoms with Gasteiger partial charge in [-0.15, -0.1) is 11.3 Å². The molecule has 4 aliphatic rings. The third kappa shape index (κ3) is 4.37. The predicted octanol–water partition coefficient (Wildman–Crippen LogP) is 3.03. The molecule has 0 bridgehead atoms. The molecule has 7 nitrogen and oxygen atoms in total. The van der Waals surface area contributed by atoms with Crippen molar-refractivity contribution in [3.05, 3.63) is 16.3 Å². The smallest absolute Gasteiger partial charge is 0.230 e. The Hall–Kier alpha value is -1.77. The number of aryl methyl sites for hydroxylation is 2. The van der Waals surface area contributed by atoms with E-state index in [0.29, 0.717) is 24.3 Å². The van der Waals surface area contributed by atoms with Gasteiger partial charge in [-0.1, -0.05) is 0 Å². The number of fused-ring (bicyclic) bond motifs is 3. The molecule has 0 unspecified atom stereocenters. The van der Waals surface area contributed by atoms with Gasteiger partial charge in [-0.05, 0) is 56.9 Å². The quantitative estimate of drug-likeness (QED) is 0.671. The van der Waals surface area contributed by atoms with E-state index >= 15 is 0 Å². The van der Waals surface area contributed by atoms with Gasteiger partial charge in [0.25, 0.3) is 0 Å². The highest BCUT2D eigenvalue weighted by Gasteiger charge is 2.32. The van der Waals surface area contributed by atoms with Crippen molar-refractivity contribution in [3.63, 3.8) is 0 Å². The zero-order valence-corrected chi connectivity index (χ0v) is 20.5. The highest BCUT2D eigenvalue weighted by molar-refractivity contribution is 7.19. The fraction of sp³-hybridized carbons (Fsp3) is 0.720. The molecule has 6 rings (SSSR count).